The molecule has 0 atom stereocenters. The Morgan fingerprint density at radius 3 is 2.63 bits per heavy atom. The second kappa shape index (κ2) is 5.64. The maximum atomic E-state index is 12.6. The number of nitrogen functional groups attached to an aromatic ring is 1. The van der Waals surface area contributed by atoms with Gasteiger partial charge in [0.05, 0.1) is 12.2 Å². The van der Waals surface area contributed by atoms with Gasteiger partial charge in [-0.2, -0.15) is 18.2 Å². The van der Waals surface area contributed by atoms with Crippen LogP contribution in [0.25, 0.3) is 0 Å². The number of aromatic nitrogens is 1. The highest BCUT2D eigenvalue weighted by Gasteiger charge is 2.31. The third-order valence-electron chi connectivity index (χ3n) is 2.96. The molecule has 2 N–H and O–H groups in total. The van der Waals surface area contributed by atoms with Gasteiger partial charge in [0.25, 0.3) is 0 Å². The van der Waals surface area contributed by atoms with Crippen molar-refractivity contribution in [2.75, 3.05) is 25.6 Å². The SMILES string of the molecule is Nc1cc(C(F)(F)F)cc(OCC2CCOCC2)n1. The van der Waals surface area contributed by atoms with Crippen molar-refractivity contribution in [3.05, 3.63) is 17.7 Å². The average Bonchev–Trinajstić information content (AvgIpc) is 2.36. The molecule has 1 aliphatic heterocycles. The summed E-state index contributed by atoms with van der Waals surface area (Å²) in [4.78, 5) is 3.76. The van der Waals surface area contributed by atoms with Gasteiger partial charge in [-0.05, 0) is 24.8 Å². The predicted molar refractivity (Wildman–Crippen MR) is 62.7 cm³/mol. The van der Waals surface area contributed by atoms with E-state index in [9.17, 15) is 13.2 Å². The van der Waals surface area contributed by atoms with E-state index in [1.165, 1.54) is 0 Å². The van der Waals surface area contributed by atoms with E-state index in [0.29, 0.717) is 19.8 Å². The number of pyridine rings is 1. The molecule has 1 aliphatic rings. The number of nitrogens with zero attached hydrogens (tertiary/aromatic N) is 1. The van der Waals surface area contributed by atoms with Gasteiger partial charge >= 0.3 is 6.18 Å². The van der Waals surface area contributed by atoms with Crippen molar-refractivity contribution >= 4 is 5.82 Å². The van der Waals surface area contributed by atoms with E-state index in [0.717, 1.165) is 25.0 Å². The molecule has 0 amide bonds. The fraction of sp³-hybridized carbons (Fsp3) is 0.583. The van der Waals surface area contributed by atoms with Crippen LogP contribution in [0, 0.1) is 5.92 Å². The molecule has 0 aliphatic carbocycles. The van der Waals surface area contributed by atoms with Crippen molar-refractivity contribution in [3.8, 4) is 5.88 Å². The van der Waals surface area contributed by atoms with E-state index in [4.69, 9.17) is 15.2 Å². The van der Waals surface area contributed by atoms with Gasteiger partial charge in [-0.3, -0.25) is 0 Å². The van der Waals surface area contributed by atoms with Crippen LogP contribution in [0.4, 0.5) is 19.0 Å². The second-order valence-corrected chi connectivity index (χ2v) is 4.48. The lowest BCUT2D eigenvalue weighted by Crippen LogP contribution is -2.22. The molecule has 4 nitrogen and oxygen atoms in total. The molecule has 0 saturated carbocycles. The van der Waals surface area contributed by atoms with Gasteiger partial charge in [0.15, 0.2) is 0 Å². The molecule has 1 fully saturated rings. The summed E-state index contributed by atoms with van der Waals surface area (Å²) in [5.41, 5.74) is 4.51. The highest BCUT2D eigenvalue weighted by molar-refractivity contribution is 5.38. The van der Waals surface area contributed by atoms with Crippen LogP contribution in [-0.4, -0.2) is 24.8 Å². The van der Waals surface area contributed by atoms with Crippen molar-refractivity contribution in [1.29, 1.82) is 0 Å². The summed E-state index contributed by atoms with van der Waals surface area (Å²) in [6.07, 6.45) is -2.77. The molecule has 1 aromatic heterocycles. The lowest BCUT2D eigenvalue weighted by atomic mass is 10.0. The maximum absolute atomic E-state index is 12.6. The molecule has 0 bridgehead atoms. The number of hydrogen-bond donors (Lipinski definition) is 1. The molecule has 0 spiro atoms. The Labute approximate surface area is 108 Å². The van der Waals surface area contributed by atoms with Crippen molar-refractivity contribution in [2.45, 2.75) is 19.0 Å². The molecule has 0 aromatic carbocycles. The summed E-state index contributed by atoms with van der Waals surface area (Å²) in [5.74, 6) is 0.00179. The second-order valence-electron chi connectivity index (χ2n) is 4.48. The fourth-order valence-electron chi connectivity index (χ4n) is 1.88. The van der Waals surface area contributed by atoms with E-state index < -0.39 is 11.7 Å². The number of ether oxygens (including phenoxy) is 2. The van der Waals surface area contributed by atoms with Crippen LogP contribution >= 0.6 is 0 Å². The minimum atomic E-state index is -4.45. The number of anilines is 1. The zero-order chi connectivity index (χ0) is 13.9. The van der Waals surface area contributed by atoms with E-state index in [2.05, 4.69) is 4.98 Å². The molecule has 2 rings (SSSR count). The van der Waals surface area contributed by atoms with Crippen LogP contribution in [0.5, 0.6) is 5.88 Å². The van der Waals surface area contributed by atoms with Crippen LogP contribution in [0.1, 0.15) is 18.4 Å². The van der Waals surface area contributed by atoms with E-state index >= 15 is 0 Å². The van der Waals surface area contributed by atoms with Gasteiger partial charge in [-0.1, -0.05) is 0 Å². The molecular weight excluding hydrogens is 261 g/mol. The third kappa shape index (κ3) is 3.99. The van der Waals surface area contributed by atoms with E-state index in [1.807, 2.05) is 0 Å². The first-order valence-corrected chi connectivity index (χ1v) is 6.00. The molecule has 1 saturated heterocycles. The number of halogens is 3. The first-order valence-electron chi connectivity index (χ1n) is 6.00. The minimum Gasteiger partial charge on any atom is -0.477 e. The first kappa shape index (κ1) is 13.9. The van der Waals surface area contributed by atoms with Crippen LogP contribution in [0.15, 0.2) is 12.1 Å². The molecular formula is C12H15F3N2O2. The monoisotopic (exact) mass is 276 g/mol. The predicted octanol–water partition coefficient (Wildman–Crippen LogP) is 2.49. The third-order valence-corrected chi connectivity index (χ3v) is 2.96. The Bertz CT molecular complexity index is 431. The van der Waals surface area contributed by atoms with Gasteiger partial charge in [0.2, 0.25) is 5.88 Å². The average molecular weight is 276 g/mol. The van der Waals surface area contributed by atoms with Crippen LogP contribution < -0.4 is 10.5 Å². The number of rotatable bonds is 3. The number of hydrogen-bond acceptors (Lipinski definition) is 4. The smallest absolute Gasteiger partial charge is 0.416 e. The zero-order valence-electron chi connectivity index (χ0n) is 10.2. The largest absolute Gasteiger partial charge is 0.477 e. The normalized spacial score (nSPS) is 17.4. The van der Waals surface area contributed by atoms with E-state index in [1.54, 1.807) is 0 Å². The molecule has 0 radical (unpaired) electrons. The maximum Gasteiger partial charge on any atom is 0.416 e. The van der Waals surface area contributed by atoms with Crippen molar-refractivity contribution in [3.63, 3.8) is 0 Å². The minimum absolute atomic E-state index is 0.0844. The van der Waals surface area contributed by atoms with Gasteiger partial charge < -0.3 is 15.2 Å². The van der Waals surface area contributed by atoms with E-state index in [-0.39, 0.29) is 17.6 Å². The summed E-state index contributed by atoms with van der Waals surface area (Å²) in [6, 6.07) is 1.66. The highest BCUT2D eigenvalue weighted by atomic mass is 19.4. The standard InChI is InChI=1S/C12H15F3N2O2/c13-12(14,15)9-5-10(16)17-11(6-9)19-7-8-1-3-18-4-2-8/h5-6,8H,1-4,7H2,(H2,16,17). The lowest BCUT2D eigenvalue weighted by Gasteiger charge is -2.22. The Morgan fingerprint density at radius 2 is 2.00 bits per heavy atom. The fourth-order valence-corrected chi connectivity index (χ4v) is 1.88. The lowest BCUT2D eigenvalue weighted by molar-refractivity contribution is -0.137. The molecule has 106 valence electrons. The summed E-state index contributed by atoms with van der Waals surface area (Å²) in [7, 11) is 0. The molecule has 0 unspecified atom stereocenters. The molecule has 7 heteroatoms. The highest BCUT2D eigenvalue weighted by Crippen LogP contribution is 2.32. The van der Waals surface area contributed by atoms with Crippen molar-refractivity contribution < 1.29 is 22.6 Å². The summed E-state index contributed by atoms with van der Waals surface area (Å²) in [6.45, 7) is 1.65. The van der Waals surface area contributed by atoms with Crippen LogP contribution in [0.2, 0.25) is 0 Å². The molecule has 2 heterocycles. The Balaban J connectivity index is 2.01. The first-order chi connectivity index (χ1) is 8.95. The topological polar surface area (TPSA) is 57.4 Å². The summed E-state index contributed by atoms with van der Waals surface area (Å²) in [5, 5.41) is 0. The Hall–Kier alpha value is -1.50. The van der Waals surface area contributed by atoms with Crippen molar-refractivity contribution in [2.24, 2.45) is 5.92 Å². The quantitative estimate of drug-likeness (QED) is 0.921. The number of alkyl halides is 3. The van der Waals surface area contributed by atoms with Crippen LogP contribution in [-0.2, 0) is 10.9 Å². The Morgan fingerprint density at radius 1 is 1.32 bits per heavy atom. The Kier molecular flexibility index (Phi) is 4.14. The molecule has 1 aromatic rings. The van der Waals surface area contributed by atoms with Gasteiger partial charge in [-0.25, -0.2) is 0 Å². The van der Waals surface area contributed by atoms with Gasteiger partial charge in [0, 0.05) is 19.3 Å². The zero-order valence-corrected chi connectivity index (χ0v) is 10.2. The van der Waals surface area contributed by atoms with Crippen molar-refractivity contribution in [1.82, 2.24) is 4.98 Å². The summed E-state index contributed by atoms with van der Waals surface area (Å²) >= 11 is 0. The summed E-state index contributed by atoms with van der Waals surface area (Å²) < 4.78 is 48.3. The van der Waals surface area contributed by atoms with Crippen LogP contribution in [0.3, 0.4) is 0 Å². The molecule has 19 heavy (non-hydrogen) atoms. The number of nitrogens with two attached hydrogens (primary N) is 1. The van der Waals surface area contributed by atoms with Gasteiger partial charge in [-0.15, -0.1) is 0 Å². The van der Waals surface area contributed by atoms with Gasteiger partial charge in [0.1, 0.15) is 5.82 Å².